The van der Waals surface area contributed by atoms with Crippen molar-refractivity contribution in [1.82, 2.24) is 5.32 Å². The minimum absolute atomic E-state index is 0.217. The highest BCUT2D eigenvalue weighted by atomic mass is 35.5. The average Bonchev–Trinajstić information content (AvgIpc) is 2.29. The van der Waals surface area contributed by atoms with Crippen molar-refractivity contribution in [3.05, 3.63) is 34.9 Å². The largest absolute Gasteiger partial charge is 0.481 e. The molecule has 1 unspecified atom stereocenters. The molecule has 0 fully saturated rings. The van der Waals surface area contributed by atoms with E-state index in [0.29, 0.717) is 6.42 Å². The Balaban J connectivity index is 2.18. The van der Waals surface area contributed by atoms with Crippen LogP contribution in [-0.2, 0) is 11.2 Å². The van der Waals surface area contributed by atoms with E-state index in [1.807, 2.05) is 31.2 Å². The number of hydrogen-bond acceptors (Lipinski definition) is 2. The quantitative estimate of drug-likeness (QED) is 0.788. The van der Waals surface area contributed by atoms with Gasteiger partial charge in [-0.2, -0.15) is 0 Å². The smallest absolute Gasteiger partial charge is 0.303 e. The number of halogens is 1. The Kier molecular flexibility index (Phi) is 6.01. The summed E-state index contributed by atoms with van der Waals surface area (Å²) in [6, 6.07) is 8.01. The summed E-state index contributed by atoms with van der Waals surface area (Å²) < 4.78 is 0. The SMILES string of the molecule is CC(CCC(=O)O)NCCc1ccc(Cl)cc1. The second-order valence-electron chi connectivity index (χ2n) is 4.16. The Morgan fingerprint density at radius 1 is 1.41 bits per heavy atom. The zero-order chi connectivity index (χ0) is 12.7. The molecule has 0 saturated heterocycles. The molecule has 3 nitrogen and oxygen atoms in total. The minimum atomic E-state index is -0.739. The molecule has 0 saturated carbocycles. The van der Waals surface area contributed by atoms with Gasteiger partial charge in [-0.3, -0.25) is 4.79 Å². The van der Waals surface area contributed by atoms with Crippen LogP contribution in [0.3, 0.4) is 0 Å². The minimum Gasteiger partial charge on any atom is -0.481 e. The zero-order valence-corrected chi connectivity index (χ0v) is 10.7. The van der Waals surface area contributed by atoms with Gasteiger partial charge in [0, 0.05) is 17.5 Å². The fourth-order valence-electron chi connectivity index (χ4n) is 1.56. The molecule has 1 atom stereocenters. The summed E-state index contributed by atoms with van der Waals surface area (Å²) in [7, 11) is 0. The Bertz CT molecular complexity index is 351. The van der Waals surface area contributed by atoms with Crippen LogP contribution in [0.5, 0.6) is 0 Å². The lowest BCUT2D eigenvalue weighted by Gasteiger charge is -2.12. The Morgan fingerprint density at radius 2 is 2.06 bits per heavy atom. The highest BCUT2D eigenvalue weighted by Crippen LogP contribution is 2.09. The second-order valence-corrected chi connectivity index (χ2v) is 4.60. The fraction of sp³-hybridized carbons (Fsp3) is 0.462. The van der Waals surface area contributed by atoms with Gasteiger partial charge in [0.1, 0.15) is 0 Å². The molecule has 0 aliphatic rings. The molecule has 0 amide bonds. The maximum atomic E-state index is 10.4. The number of carbonyl (C=O) groups is 1. The van der Waals surface area contributed by atoms with Gasteiger partial charge < -0.3 is 10.4 Å². The molecule has 17 heavy (non-hydrogen) atoms. The monoisotopic (exact) mass is 255 g/mol. The lowest BCUT2D eigenvalue weighted by atomic mass is 10.1. The van der Waals surface area contributed by atoms with Gasteiger partial charge in [0.05, 0.1) is 0 Å². The molecule has 0 spiro atoms. The number of benzene rings is 1. The first-order chi connectivity index (χ1) is 8.08. The first-order valence-electron chi connectivity index (χ1n) is 5.77. The Labute approximate surface area is 107 Å². The van der Waals surface area contributed by atoms with E-state index < -0.39 is 5.97 Å². The number of nitrogens with one attached hydrogen (secondary N) is 1. The van der Waals surface area contributed by atoms with E-state index in [9.17, 15) is 4.79 Å². The van der Waals surface area contributed by atoms with Gasteiger partial charge in [-0.15, -0.1) is 0 Å². The number of hydrogen-bond donors (Lipinski definition) is 2. The molecule has 4 heteroatoms. The summed E-state index contributed by atoms with van der Waals surface area (Å²) in [5.41, 5.74) is 1.23. The van der Waals surface area contributed by atoms with E-state index in [-0.39, 0.29) is 12.5 Å². The van der Waals surface area contributed by atoms with Gasteiger partial charge in [-0.05, 0) is 44.0 Å². The van der Waals surface area contributed by atoms with E-state index >= 15 is 0 Å². The zero-order valence-electron chi connectivity index (χ0n) is 9.95. The van der Waals surface area contributed by atoms with Crippen LogP contribution in [0.25, 0.3) is 0 Å². The van der Waals surface area contributed by atoms with Crippen molar-refractivity contribution < 1.29 is 9.90 Å². The molecule has 0 aliphatic carbocycles. The van der Waals surface area contributed by atoms with Crippen LogP contribution in [0.15, 0.2) is 24.3 Å². The first-order valence-corrected chi connectivity index (χ1v) is 6.15. The van der Waals surface area contributed by atoms with Crippen molar-refractivity contribution in [3.63, 3.8) is 0 Å². The van der Waals surface area contributed by atoms with Crippen molar-refractivity contribution in [1.29, 1.82) is 0 Å². The van der Waals surface area contributed by atoms with Gasteiger partial charge in [-0.1, -0.05) is 23.7 Å². The van der Waals surface area contributed by atoms with Crippen LogP contribution in [0.4, 0.5) is 0 Å². The maximum Gasteiger partial charge on any atom is 0.303 e. The Hall–Kier alpha value is -1.06. The molecule has 1 aromatic carbocycles. The molecule has 94 valence electrons. The normalized spacial score (nSPS) is 12.4. The number of carboxylic acid groups (broad SMARTS) is 1. The third kappa shape index (κ3) is 6.29. The standard InChI is InChI=1S/C13H18ClNO2/c1-10(2-7-13(16)17)15-9-8-11-3-5-12(14)6-4-11/h3-6,10,15H,2,7-9H2,1H3,(H,16,17). The van der Waals surface area contributed by atoms with E-state index in [4.69, 9.17) is 16.7 Å². The Morgan fingerprint density at radius 3 is 2.65 bits per heavy atom. The van der Waals surface area contributed by atoms with E-state index in [2.05, 4.69) is 5.32 Å². The maximum absolute atomic E-state index is 10.4. The van der Waals surface area contributed by atoms with Crippen molar-refractivity contribution in [2.75, 3.05) is 6.54 Å². The molecule has 0 aliphatic heterocycles. The summed E-state index contributed by atoms with van der Waals surface area (Å²) in [5, 5.41) is 12.6. The average molecular weight is 256 g/mol. The highest BCUT2D eigenvalue weighted by Gasteiger charge is 2.04. The van der Waals surface area contributed by atoms with Gasteiger partial charge >= 0.3 is 5.97 Å². The van der Waals surface area contributed by atoms with Gasteiger partial charge in [0.15, 0.2) is 0 Å². The van der Waals surface area contributed by atoms with E-state index in [0.717, 1.165) is 18.0 Å². The third-order valence-corrected chi connectivity index (χ3v) is 2.86. The summed E-state index contributed by atoms with van der Waals surface area (Å²) in [6.07, 6.45) is 1.81. The lowest BCUT2D eigenvalue weighted by Crippen LogP contribution is -2.28. The molecule has 1 aromatic rings. The molecular formula is C13H18ClNO2. The fourth-order valence-corrected chi connectivity index (χ4v) is 1.68. The van der Waals surface area contributed by atoms with E-state index in [1.165, 1.54) is 5.56 Å². The van der Waals surface area contributed by atoms with E-state index in [1.54, 1.807) is 0 Å². The summed E-state index contributed by atoms with van der Waals surface area (Å²) in [6.45, 7) is 2.85. The number of rotatable bonds is 7. The first kappa shape index (κ1) is 14.0. The molecule has 0 aromatic heterocycles. The molecule has 0 bridgehead atoms. The van der Waals surface area contributed by atoms with Gasteiger partial charge in [0.2, 0.25) is 0 Å². The highest BCUT2D eigenvalue weighted by molar-refractivity contribution is 6.30. The molecule has 0 radical (unpaired) electrons. The second kappa shape index (κ2) is 7.30. The van der Waals surface area contributed by atoms with Crippen molar-refractivity contribution in [2.24, 2.45) is 0 Å². The van der Waals surface area contributed by atoms with Gasteiger partial charge in [0.25, 0.3) is 0 Å². The van der Waals surface area contributed by atoms with Crippen molar-refractivity contribution in [2.45, 2.75) is 32.2 Å². The topological polar surface area (TPSA) is 49.3 Å². The molecule has 2 N–H and O–H groups in total. The van der Waals surface area contributed by atoms with Gasteiger partial charge in [-0.25, -0.2) is 0 Å². The van der Waals surface area contributed by atoms with Crippen molar-refractivity contribution >= 4 is 17.6 Å². The van der Waals surface area contributed by atoms with Crippen LogP contribution in [0, 0.1) is 0 Å². The van der Waals surface area contributed by atoms with Crippen LogP contribution in [0.2, 0.25) is 5.02 Å². The summed E-state index contributed by atoms with van der Waals surface area (Å²) >= 11 is 5.80. The molecule has 1 rings (SSSR count). The lowest BCUT2D eigenvalue weighted by molar-refractivity contribution is -0.137. The number of aliphatic carboxylic acids is 1. The van der Waals surface area contributed by atoms with Crippen LogP contribution < -0.4 is 5.32 Å². The van der Waals surface area contributed by atoms with Crippen LogP contribution in [-0.4, -0.2) is 23.7 Å². The molecule has 0 heterocycles. The number of carboxylic acids is 1. The summed E-state index contributed by atoms with van der Waals surface area (Å²) in [5.74, 6) is -0.739. The predicted molar refractivity (Wildman–Crippen MR) is 69.5 cm³/mol. The van der Waals surface area contributed by atoms with Crippen LogP contribution >= 0.6 is 11.6 Å². The third-order valence-electron chi connectivity index (χ3n) is 2.61. The van der Waals surface area contributed by atoms with Crippen molar-refractivity contribution in [3.8, 4) is 0 Å². The predicted octanol–water partition coefficient (Wildman–Crippen LogP) is 2.73. The van der Waals surface area contributed by atoms with Crippen LogP contribution in [0.1, 0.15) is 25.3 Å². The molecular weight excluding hydrogens is 238 g/mol. The summed E-state index contributed by atoms with van der Waals surface area (Å²) in [4.78, 5) is 10.4.